The zero-order valence-electron chi connectivity index (χ0n) is 18.4. The van der Waals surface area contributed by atoms with Gasteiger partial charge in [0, 0.05) is 31.1 Å². The molecule has 31 heavy (non-hydrogen) atoms. The van der Waals surface area contributed by atoms with Crippen molar-refractivity contribution in [1.29, 1.82) is 0 Å². The van der Waals surface area contributed by atoms with Crippen LogP contribution in [-0.2, 0) is 17.7 Å². The minimum Gasteiger partial charge on any atom is -0.494 e. The Morgan fingerprint density at radius 3 is 2.71 bits per heavy atom. The first kappa shape index (κ1) is 22.1. The molecule has 1 aliphatic heterocycles. The number of para-hydroxylation sites is 2. The van der Waals surface area contributed by atoms with E-state index in [1.54, 1.807) is 0 Å². The standard InChI is InChI=1S/C25H32ClN3O2/c1-20-19-21(10-11-22(20)26)31-16-5-4-13-29-24-8-3-2-7-23(24)27-25(29)9-6-12-28-14-17-30-18-15-28/h2-3,7-8,10-11,19H,4-6,9,12-18H2,1H3. The molecule has 1 saturated heterocycles. The van der Waals surface area contributed by atoms with Gasteiger partial charge in [0.2, 0.25) is 0 Å². The number of fused-ring (bicyclic) bond motifs is 1. The number of hydrogen-bond donors (Lipinski definition) is 0. The van der Waals surface area contributed by atoms with Crippen molar-refractivity contribution in [2.24, 2.45) is 0 Å². The predicted octanol–water partition coefficient (Wildman–Crippen LogP) is 5.12. The SMILES string of the molecule is Cc1cc(OCCCCn2c(CCCN3CCOCC3)nc3ccccc32)ccc1Cl. The van der Waals surface area contributed by atoms with Gasteiger partial charge in [0.05, 0.1) is 30.9 Å². The molecule has 2 heterocycles. The van der Waals surface area contributed by atoms with Crippen LogP contribution < -0.4 is 4.74 Å². The molecule has 6 heteroatoms. The molecule has 0 bridgehead atoms. The number of aryl methyl sites for hydroxylation is 3. The van der Waals surface area contributed by atoms with Gasteiger partial charge in [0.25, 0.3) is 0 Å². The normalized spacial score (nSPS) is 14.9. The topological polar surface area (TPSA) is 39.5 Å². The van der Waals surface area contributed by atoms with Crippen LogP contribution in [0.4, 0.5) is 0 Å². The first-order valence-electron chi connectivity index (χ1n) is 11.3. The third-order valence-corrected chi connectivity index (χ3v) is 6.31. The Bertz CT molecular complexity index is 982. The largest absolute Gasteiger partial charge is 0.494 e. The zero-order valence-corrected chi connectivity index (χ0v) is 19.1. The summed E-state index contributed by atoms with van der Waals surface area (Å²) < 4.78 is 13.8. The van der Waals surface area contributed by atoms with Crippen molar-refractivity contribution in [3.8, 4) is 5.75 Å². The van der Waals surface area contributed by atoms with Crippen LogP contribution in [0.2, 0.25) is 5.02 Å². The van der Waals surface area contributed by atoms with Gasteiger partial charge in [-0.25, -0.2) is 4.98 Å². The lowest BCUT2D eigenvalue weighted by atomic mass is 10.2. The fourth-order valence-electron chi connectivity index (χ4n) is 4.12. The molecule has 0 unspecified atom stereocenters. The number of morpholine rings is 1. The van der Waals surface area contributed by atoms with Crippen LogP contribution in [0.15, 0.2) is 42.5 Å². The van der Waals surface area contributed by atoms with E-state index in [1.165, 1.54) is 11.3 Å². The van der Waals surface area contributed by atoms with Crippen LogP contribution in [0.25, 0.3) is 11.0 Å². The molecule has 3 aromatic rings. The van der Waals surface area contributed by atoms with Crippen LogP contribution >= 0.6 is 11.6 Å². The van der Waals surface area contributed by atoms with Gasteiger partial charge in [-0.15, -0.1) is 0 Å². The Morgan fingerprint density at radius 1 is 1.03 bits per heavy atom. The fraction of sp³-hybridized carbons (Fsp3) is 0.480. The van der Waals surface area contributed by atoms with Crippen LogP contribution in [0.3, 0.4) is 0 Å². The second kappa shape index (κ2) is 11.0. The van der Waals surface area contributed by atoms with Gasteiger partial charge in [-0.1, -0.05) is 23.7 Å². The second-order valence-electron chi connectivity index (χ2n) is 8.19. The summed E-state index contributed by atoms with van der Waals surface area (Å²) in [6, 6.07) is 14.3. The predicted molar refractivity (Wildman–Crippen MR) is 126 cm³/mol. The molecular formula is C25H32ClN3O2. The van der Waals surface area contributed by atoms with E-state index in [0.29, 0.717) is 6.61 Å². The van der Waals surface area contributed by atoms with E-state index < -0.39 is 0 Å². The summed E-state index contributed by atoms with van der Waals surface area (Å²) in [5.41, 5.74) is 3.38. The molecule has 0 N–H and O–H groups in total. The second-order valence-corrected chi connectivity index (χ2v) is 8.60. The number of rotatable bonds is 10. The van der Waals surface area contributed by atoms with Crippen LogP contribution in [0.5, 0.6) is 5.75 Å². The van der Waals surface area contributed by atoms with E-state index in [-0.39, 0.29) is 0 Å². The highest BCUT2D eigenvalue weighted by Crippen LogP contribution is 2.22. The van der Waals surface area contributed by atoms with Crippen molar-refractivity contribution in [2.45, 2.75) is 39.2 Å². The number of benzene rings is 2. The average molecular weight is 442 g/mol. The van der Waals surface area contributed by atoms with Crippen LogP contribution in [-0.4, -0.2) is 53.9 Å². The lowest BCUT2D eigenvalue weighted by molar-refractivity contribution is 0.0374. The van der Waals surface area contributed by atoms with Gasteiger partial charge in [-0.3, -0.25) is 4.90 Å². The van der Waals surface area contributed by atoms with E-state index >= 15 is 0 Å². The Labute approximate surface area is 189 Å². The first-order valence-corrected chi connectivity index (χ1v) is 11.7. The molecule has 0 saturated carbocycles. The summed E-state index contributed by atoms with van der Waals surface area (Å²) in [7, 11) is 0. The van der Waals surface area contributed by atoms with Crippen molar-refractivity contribution in [3.63, 3.8) is 0 Å². The van der Waals surface area contributed by atoms with Gasteiger partial charge in [0.15, 0.2) is 0 Å². The van der Waals surface area contributed by atoms with Gasteiger partial charge < -0.3 is 14.0 Å². The van der Waals surface area contributed by atoms with Gasteiger partial charge >= 0.3 is 0 Å². The quantitative estimate of drug-likeness (QED) is 0.409. The molecule has 0 amide bonds. The molecule has 1 aliphatic rings. The number of unbranched alkanes of at least 4 members (excludes halogenated alkanes) is 1. The molecule has 0 atom stereocenters. The molecule has 1 aromatic heterocycles. The summed E-state index contributed by atoms with van der Waals surface area (Å²) in [4.78, 5) is 7.43. The Kier molecular flexibility index (Phi) is 7.84. The maximum atomic E-state index is 6.09. The number of halogens is 1. The number of hydrogen-bond acceptors (Lipinski definition) is 4. The van der Waals surface area contributed by atoms with Crippen LogP contribution in [0.1, 0.15) is 30.7 Å². The summed E-state index contributed by atoms with van der Waals surface area (Å²) in [5.74, 6) is 2.09. The van der Waals surface area contributed by atoms with E-state index in [1.807, 2.05) is 25.1 Å². The third kappa shape index (κ3) is 6.00. The highest BCUT2D eigenvalue weighted by molar-refractivity contribution is 6.31. The highest BCUT2D eigenvalue weighted by Gasteiger charge is 2.13. The minimum absolute atomic E-state index is 0.708. The number of nitrogens with zero attached hydrogens (tertiary/aromatic N) is 3. The number of ether oxygens (including phenoxy) is 2. The van der Waals surface area contributed by atoms with Crippen molar-refractivity contribution < 1.29 is 9.47 Å². The maximum Gasteiger partial charge on any atom is 0.119 e. The molecule has 0 spiro atoms. The maximum absolute atomic E-state index is 6.09. The molecule has 1 fully saturated rings. The monoisotopic (exact) mass is 441 g/mol. The van der Waals surface area contributed by atoms with Crippen molar-refractivity contribution in [1.82, 2.24) is 14.5 Å². The van der Waals surface area contributed by atoms with Gasteiger partial charge in [0.1, 0.15) is 11.6 Å². The van der Waals surface area contributed by atoms with Crippen LogP contribution in [0, 0.1) is 6.92 Å². The van der Waals surface area contributed by atoms with Gasteiger partial charge in [-0.05, 0) is 68.6 Å². The molecule has 0 aliphatic carbocycles. The molecule has 166 valence electrons. The Morgan fingerprint density at radius 2 is 1.87 bits per heavy atom. The summed E-state index contributed by atoms with van der Waals surface area (Å²) >= 11 is 6.09. The molecule has 4 rings (SSSR count). The first-order chi connectivity index (χ1) is 15.2. The molecule has 2 aromatic carbocycles. The molecular weight excluding hydrogens is 410 g/mol. The zero-order chi connectivity index (χ0) is 21.5. The third-order valence-electron chi connectivity index (χ3n) is 5.89. The fourth-order valence-corrected chi connectivity index (χ4v) is 4.24. The summed E-state index contributed by atoms with van der Waals surface area (Å²) in [6.45, 7) is 8.59. The summed E-state index contributed by atoms with van der Waals surface area (Å²) in [5, 5.41) is 0.778. The highest BCUT2D eigenvalue weighted by atomic mass is 35.5. The van der Waals surface area contributed by atoms with Crippen molar-refractivity contribution in [2.75, 3.05) is 39.5 Å². The summed E-state index contributed by atoms with van der Waals surface area (Å²) in [6.07, 6.45) is 4.19. The minimum atomic E-state index is 0.708. The number of imidazole rings is 1. The smallest absolute Gasteiger partial charge is 0.119 e. The lowest BCUT2D eigenvalue weighted by Crippen LogP contribution is -2.37. The van der Waals surface area contributed by atoms with E-state index in [2.05, 4.69) is 33.7 Å². The van der Waals surface area contributed by atoms with Crippen molar-refractivity contribution in [3.05, 3.63) is 58.9 Å². The van der Waals surface area contributed by atoms with E-state index in [4.69, 9.17) is 26.1 Å². The van der Waals surface area contributed by atoms with E-state index in [9.17, 15) is 0 Å². The van der Waals surface area contributed by atoms with Gasteiger partial charge in [-0.2, -0.15) is 0 Å². The average Bonchev–Trinajstić information content (AvgIpc) is 3.14. The lowest BCUT2D eigenvalue weighted by Gasteiger charge is -2.26. The molecule has 0 radical (unpaired) electrons. The van der Waals surface area contributed by atoms with E-state index in [0.717, 1.165) is 86.9 Å². The van der Waals surface area contributed by atoms with Crippen molar-refractivity contribution >= 4 is 22.6 Å². The Hall–Kier alpha value is -2.08. The molecule has 5 nitrogen and oxygen atoms in total. The Balaban J connectivity index is 1.30. The number of aromatic nitrogens is 2.